The van der Waals surface area contributed by atoms with Crippen molar-refractivity contribution in [2.24, 2.45) is 10.1 Å². The Balaban J connectivity index is 1.37. The molecule has 39 heavy (non-hydrogen) atoms. The lowest BCUT2D eigenvalue weighted by molar-refractivity contribution is -0.116. The third kappa shape index (κ3) is 4.55. The lowest BCUT2D eigenvalue weighted by atomic mass is 9.99. The number of oxime groups is 1. The van der Waals surface area contributed by atoms with E-state index in [0.29, 0.717) is 10.8 Å². The lowest BCUT2D eigenvalue weighted by Crippen LogP contribution is -2.17. The molecule has 198 valence electrons. The first-order valence-electron chi connectivity index (χ1n) is 12.7. The first kappa shape index (κ1) is 25.5. The highest BCUT2D eigenvalue weighted by Crippen LogP contribution is 2.39. The number of anilines is 1. The molecule has 0 bridgehead atoms. The number of rotatable bonds is 5. The van der Waals surface area contributed by atoms with Crippen LogP contribution in [0.25, 0.3) is 5.00 Å². The maximum Gasteiger partial charge on any atom is 0.227 e. The number of benzene rings is 2. The second kappa shape index (κ2) is 10.1. The van der Waals surface area contributed by atoms with Gasteiger partial charge in [-0.2, -0.15) is 0 Å². The van der Waals surface area contributed by atoms with Crippen LogP contribution in [0, 0.1) is 20.8 Å². The van der Waals surface area contributed by atoms with Crippen molar-refractivity contribution in [1.29, 1.82) is 0 Å². The van der Waals surface area contributed by atoms with E-state index in [9.17, 15) is 4.79 Å². The van der Waals surface area contributed by atoms with E-state index in [1.807, 2.05) is 49.4 Å². The maximum atomic E-state index is 13.4. The molecule has 1 amide bonds. The highest BCUT2D eigenvalue weighted by Gasteiger charge is 2.32. The second-order valence-corrected chi connectivity index (χ2v) is 11.4. The molecule has 3 heterocycles. The Labute approximate surface area is 235 Å². The van der Waals surface area contributed by atoms with Gasteiger partial charge in [-0.3, -0.25) is 14.4 Å². The van der Waals surface area contributed by atoms with Gasteiger partial charge in [0.05, 0.1) is 17.8 Å². The fourth-order valence-electron chi connectivity index (χ4n) is 5.27. The molecule has 2 aromatic carbocycles. The molecule has 0 fully saturated rings. The molecular weight excluding hydrogens is 532 g/mol. The zero-order chi connectivity index (χ0) is 27.3. The molecule has 1 aliphatic carbocycles. The van der Waals surface area contributed by atoms with Crippen LogP contribution in [0.4, 0.5) is 5.69 Å². The summed E-state index contributed by atoms with van der Waals surface area (Å²) in [5.41, 5.74) is 7.85. The predicted molar refractivity (Wildman–Crippen MR) is 155 cm³/mol. The van der Waals surface area contributed by atoms with Crippen LogP contribution in [0.3, 0.4) is 0 Å². The molecule has 2 aliphatic rings. The zero-order valence-electron chi connectivity index (χ0n) is 22.1. The van der Waals surface area contributed by atoms with Crippen molar-refractivity contribution < 1.29 is 9.63 Å². The fraction of sp³-hybridized carbons (Fsp3) is 0.276. The summed E-state index contributed by atoms with van der Waals surface area (Å²) in [5.74, 6) is 1.27. The van der Waals surface area contributed by atoms with E-state index in [4.69, 9.17) is 21.4 Å². The summed E-state index contributed by atoms with van der Waals surface area (Å²) in [6.45, 7) is 6.15. The van der Waals surface area contributed by atoms with Gasteiger partial charge in [-0.15, -0.1) is 21.5 Å². The van der Waals surface area contributed by atoms with E-state index in [2.05, 4.69) is 39.1 Å². The fourth-order valence-corrected chi connectivity index (χ4v) is 6.61. The van der Waals surface area contributed by atoms with Gasteiger partial charge in [0.2, 0.25) is 5.91 Å². The normalized spacial score (nSPS) is 16.8. The molecule has 0 saturated heterocycles. The maximum absolute atomic E-state index is 13.4. The summed E-state index contributed by atoms with van der Waals surface area (Å²) in [6.07, 6.45) is 1.81. The van der Waals surface area contributed by atoms with Gasteiger partial charge >= 0.3 is 0 Å². The number of amides is 1. The van der Waals surface area contributed by atoms with Crippen LogP contribution in [0.15, 0.2) is 52.6 Å². The third-order valence-electron chi connectivity index (χ3n) is 7.27. The Morgan fingerprint density at radius 3 is 2.72 bits per heavy atom. The van der Waals surface area contributed by atoms with Crippen LogP contribution in [0.2, 0.25) is 5.02 Å². The monoisotopic (exact) mass is 558 g/mol. The molecule has 0 spiro atoms. The zero-order valence-corrected chi connectivity index (χ0v) is 23.7. The van der Waals surface area contributed by atoms with Gasteiger partial charge in [-0.05, 0) is 69.0 Å². The summed E-state index contributed by atoms with van der Waals surface area (Å²) in [5, 5.41) is 17.7. The van der Waals surface area contributed by atoms with Crippen molar-refractivity contribution in [3.05, 3.63) is 91.8 Å². The number of fused-ring (bicyclic) bond motifs is 4. The first-order valence-corrected chi connectivity index (χ1v) is 13.9. The smallest absolute Gasteiger partial charge is 0.227 e. The number of hydrogen-bond donors (Lipinski definition) is 1. The number of aliphatic imine (C=N–C) groups is 1. The number of carbonyl (C=O) groups is 1. The van der Waals surface area contributed by atoms with E-state index < -0.39 is 6.04 Å². The molecule has 10 heteroatoms. The largest absolute Gasteiger partial charge is 0.399 e. The van der Waals surface area contributed by atoms with E-state index in [1.165, 1.54) is 4.88 Å². The van der Waals surface area contributed by atoms with E-state index in [1.54, 1.807) is 18.4 Å². The third-order valence-corrected chi connectivity index (χ3v) is 8.71. The summed E-state index contributed by atoms with van der Waals surface area (Å²) in [6, 6.07) is 13.0. The second-order valence-electron chi connectivity index (χ2n) is 9.75. The molecule has 1 atom stereocenters. The van der Waals surface area contributed by atoms with Crippen molar-refractivity contribution in [2.75, 3.05) is 12.4 Å². The van der Waals surface area contributed by atoms with Crippen LogP contribution >= 0.6 is 22.9 Å². The van der Waals surface area contributed by atoms with Crippen LogP contribution in [0.1, 0.15) is 63.2 Å². The molecule has 0 saturated carbocycles. The SMILES string of the molecule is CO/N=C1\CCc2cc(NC(=O)C[C@@H]3N=C(c4ccc(Cl)cc4)c4c(sc(C)c4C)-n4c(C)nnc43)ccc21. The molecule has 0 radical (unpaired) electrons. The number of nitrogens with zero attached hydrogens (tertiary/aromatic N) is 5. The number of aryl methyl sites for hydroxylation is 3. The lowest BCUT2D eigenvalue weighted by Gasteiger charge is -2.13. The van der Waals surface area contributed by atoms with Gasteiger partial charge in [-0.1, -0.05) is 35.0 Å². The van der Waals surface area contributed by atoms with Crippen molar-refractivity contribution in [3.63, 3.8) is 0 Å². The van der Waals surface area contributed by atoms with Gasteiger partial charge < -0.3 is 10.2 Å². The van der Waals surface area contributed by atoms with Crippen LogP contribution < -0.4 is 5.32 Å². The van der Waals surface area contributed by atoms with Crippen LogP contribution in [-0.2, 0) is 16.1 Å². The summed E-state index contributed by atoms with van der Waals surface area (Å²) in [7, 11) is 1.55. The van der Waals surface area contributed by atoms with Crippen molar-refractivity contribution >= 4 is 46.0 Å². The van der Waals surface area contributed by atoms with E-state index in [-0.39, 0.29) is 12.3 Å². The van der Waals surface area contributed by atoms with Crippen molar-refractivity contribution in [1.82, 2.24) is 14.8 Å². The number of halogens is 1. The number of aromatic nitrogens is 3. The number of nitrogens with one attached hydrogen (secondary N) is 1. The molecule has 8 nitrogen and oxygen atoms in total. The number of carbonyl (C=O) groups excluding carboxylic acids is 1. The van der Waals surface area contributed by atoms with E-state index >= 15 is 0 Å². The standard InChI is InChI=1S/C29H27ClN6O2S/c1-15-16(2)39-29-26(15)27(18-5-8-20(30)9-6-18)32-24(28-34-33-17(3)36(28)29)14-25(37)31-21-10-11-22-19(13-21)7-12-23(22)35-38-4/h5-6,8-11,13,24H,7,12,14H2,1-4H3,(H,31,37)/b35-23+/t24-/m0/s1. The molecule has 4 aromatic rings. The summed E-state index contributed by atoms with van der Waals surface area (Å²) < 4.78 is 2.05. The topological polar surface area (TPSA) is 93.8 Å². The summed E-state index contributed by atoms with van der Waals surface area (Å²) in [4.78, 5) is 24.8. The Bertz CT molecular complexity index is 1670. The van der Waals surface area contributed by atoms with E-state index in [0.717, 1.165) is 68.6 Å². The molecule has 0 unspecified atom stereocenters. The highest BCUT2D eigenvalue weighted by atomic mass is 35.5. The Hall–Kier alpha value is -3.82. The number of hydrogen-bond acceptors (Lipinski definition) is 7. The van der Waals surface area contributed by atoms with Crippen LogP contribution in [0.5, 0.6) is 0 Å². The predicted octanol–water partition coefficient (Wildman–Crippen LogP) is 6.13. The molecule has 1 aliphatic heterocycles. The first-order chi connectivity index (χ1) is 18.8. The Morgan fingerprint density at radius 1 is 1.15 bits per heavy atom. The minimum atomic E-state index is -0.522. The van der Waals surface area contributed by atoms with Crippen molar-refractivity contribution in [2.45, 2.75) is 46.1 Å². The quantitative estimate of drug-likeness (QED) is 0.298. The van der Waals surface area contributed by atoms with Crippen LogP contribution in [-0.4, -0.2) is 39.2 Å². The highest BCUT2D eigenvalue weighted by molar-refractivity contribution is 7.15. The average Bonchev–Trinajstić information content (AvgIpc) is 3.55. The molecule has 1 N–H and O–H groups in total. The summed E-state index contributed by atoms with van der Waals surface area (Å²) >= 11 is 7.89. The van der Waals surface area contributed by atoms with Gasteiger partial charge in [0.25, 0.3) is 0 Å². The molecule has 2 aromatic heterocycles. The Morgan fingerprint density at radius 2 is 1.95 bits per heavy atom. The van der Waals surface area contributed by atoms with Gasteiger partial charge in [0.15, 0.2) is 5.82 Å². The van der Waals surface area contributed by atoms with Gasteiger partial charge in [0, 0.05) is 32.3 Å². The van der Waals surface area contributed by atoms with Crippen molar-refractivity contribution in [3.8, 4) is 5.00 Å². The average molecular weight is 559 g/mol. The molecule has 6 rings (SSSR count). The number of thiophene rings is 1. The minimum absolute atomic E-state index is 0.121. The molecular formula is C29H27ClN6O2S. The van der Waals surface area contributed by atoms with Gasteiger partial charge in [0.1, 0.15) is 24.0 Å². The van der Waals surface area contributed by atoms with Gasteiger partial charge in [-0.25, -0.2) is 0 Å². The minimum Gasteiger partial charge on any atom is -0.399 e. The Kier molecular flexibility index (Phi) is 6.56.